The summed E-state index contributed by atoms with van der Waals surface area (Å²) in [5.74, 6) is 0. The Balaban J connectivity index is 1.32. The van der Waals surface area contributed by atoms with Gasteiger partial charge in [0.25, 0.3) is 0 Å². The van der Waals surface area contributed by atoms with Crippen molar-refractivity contribution in [2.45, 2.75) is 48.0 Å². The third-order valence-corrected chi connectivity index (χ3v) is 6.77. The van der Waals surface area contributed by atoms with E-state index in [1.54, 1.807) is 11.8 Å². The molecule has 4 nitrogen and oxygen atoms in total. The van der Waals surface area contributed by atoms with Crippen LogP contribution in [-0.2, 0) is 32.2 Å². The number of ether oxygens (including phenoxy) is 4. The zero-order valence-electron chi connectivity index (χ0n) is 17.2. The average Bonchev–Trinajstić information content (AvgIpc) is 3.13. The third kappa shape index (κ3) is 5.03. The van der Waals surface area contributed by atoms with Crippen LogP contribution in [-0.4, -0.2) is 36.5 Å². The van der Waals surface area contributed by atoms with Gasteiger partial charge in [0.15, 0.2) is 0 Å². The largest absolute Gasteiger partial charge is 0.370 e. The van der Waals surface area contributed by atoms with Crippen molar-refractivity contribution in [3.05, 3.63) is 102 Å². The van der Waals surface area contributed by atoms with E-state index in [-0.39, 0.29) is 29.9 Å². The summed E-state index contributed by atoms with van der Waals surface area (Å²) in [6, 6.07) is 30.7. The molecule has 5 rings (SSSR count). The fraction of sp³-hybridized carbons (Fsp3) is 0.308. The van der Waals surface area contributed by atoms with E-state index >= 15 is 0 Å². The Kier molecular flexibility index (Phi) is 6.68. The second kappa shape index (κ2) is 9.98. The lowest BCUT2D eigenvalue weighted by Gasteiger charge is -2.39. The molecule has 2 bridgehead atoms. The first kappa shape index (κ1) is 20.7. The maximum Gasteiger partial charge on any atom is 0.137 e. The highest BCUT2D eigenvalue weighted by atomic mass is 32.2. The molecule has 0 spiro atoms. The third-order valence-electron chi connectivity index (χ3n) is 5.61. The van der Waals surface area contributed by atoms with E-state index in [9.17, 15) is 0 Å². The predicted octanol–water partition coefficient (Wildman–Crippen LogP) is 5.07. The van der Waals surface area contributed by atoms with Crippen LogP contribution < -0.4 is 0 Å². The van der Waals surface area contributed by atoms with Crippen molar-refractivity contribution < 1.29 is 18.9 Å². The van der Waals surface area contributed by atoms with Gasteiger partial charge in [0, 0.05) is 4.90 Å². The zero-order valence-corrected chi connectivity index (χ0v) is 18.0. The van der Waals surface area contributed by atoms with Crippen molar-refractivity contribution in [3.63, 3.8) is 0 Å². The summed E-state index contributed by atoms with van der Waals surface area (Å²) in [4.78, 5) is 1.16. The van der Waals surface area contributed by atoms with E-state index in [1.165, 1.54) is 0 Å². The molecular weight excluding hydrogens is 408 g/mol. The molecule has 2 aliphatic heterocycles. The lowest BCUT2D eigenvalue weighted by molar-refractivity contribution is -0.182. The SMILES string of the molecule is c1ccc(CO[C@H]2[C@@H]3OC[C@@H](O[C@@H]2Sc2ccccc2)[C@H]3OCc2ccccc2)cc1. The van der Waals surface area contributed by atoms with Gasteiger partial charge in [-0.15, -0.1) is 0 Å². The first-order valence-corrected chi connectivity index (χ1v) is 11.5. The molecule has 0 aromatic heterocycles. The topological polar surface area (TPSA) is 36.9 Å². The Morgan fingerprint density at radius 1 is 0.710 bits per heavy atom. The summed E-state index contributed by atoms with van der Waals surface area (Å²) < 4.78 is 25.3. The van der Waals surface area contributed by atoms with E-state index < -0.39 is 0 Å². The molecule has 0 aliphatic carbocycles. The second-order valence-corrected chi connectivity index (χ2v) is 8.97. The van der Waals surface area contributed by atoms with Crippen LogP contribution in [0.5, 0.6) is 0 Å². The van der Waals surface area contributed by atoms with Crippen LogP contribution in [0, 0.1) is 0 Å². The van der Waals surface area contributed by atoms with Crippen LogP contribution in [0.1, 0.15) is 11.1 Å². The molecule has 0 saturated carbocycles. The molecule has 5 atom stereocenters. The molecule has 3 aromatic carbocycles. The molecule has 0 unspecified atom stereocenters. The first-order chi connectivity index (χ1) is 15.4. The Labute approximate surface area is 187 Å². The van der Waals surface area contributed by atoms with Gasteiger partial charge in [-0.25, -0.2) is 0 Å². The minimum atomic E-state index is -0.232. The van der Waals surface area contributed by atoms with E-state index in [2.05, 4.69) is 36.4 Å². The van der Waals surface area contributed by atoms with Crippen molar-refractivity contribution in [2.75, 3.05) is 6.61 Å². The standard InChI is InChI=1S/C26H26O4S/c1-4-10-19(11-5-1)16-27-23-22-18-29-24(23)25(28-17-20-12-6-2-7-13-20)26(30-22)31-21-14-8-3-9-15-21/h1-15,22-26H,16-18H2/t22-,23-,24-,25+,26-/m1/s1. The maximum absolute atomic E-state index is 6.47. The Hall–Kier alpha value is -2.15. The summed E-state index contributed by atoms with van der Waals surface area (Å²) in [5.41, 5.74) is 2.12. The molecule has 160 valence electrons. The summed E-state index contributed by atoms with van der Waals surface area (Å²) in [6.45, 7) is 1.57. The molecule has 31 heavy (non-hydrogen) atoms. The van der Waals surface area contributed by atoms with Crippen molar-refractivity contribution in [2.24, 2.45) is 0 Å². The summed E-state index contributed by atoms with van der Waals surface area (Å²) in [6.07, 6.45) is -0.627. The molecule has 2 aliphatic rings. The van der Waals surface area contributed by atoms with Crippen molar-refractivity contribution >= 4 is 11.8 Å². The quantitative estimate of drug-likeness (QED) is 0.495. The normalized spacial score (nSPS) is 27.3. The number of rotatable bonds is 8. The smallest absolute Gasteiger partial charge is 0.137 e. The van der Waals surface area contributed by atoms with Crippen LogP contribution in [0.2, 0.25) is 0 Å². The van der Waals surface area contributed by atoms with E-state index in [0.29, 0.717) is 19.8 Å². The van der Waals surface area contributed by atoms with Gasteiger partial charge in [-0.2, -0.15) is 0 Å². The highest BCUT2D eigenvalue weighted by molar-refractivity contribution is 7.99. The van der Waals surface area contributed by atoms with Crippen LogP contribution in [0.15, 0.2) is 95.9 Å². The number of benzene rings is 3. The van der Waals surface area contributed by atoms with E-state index in [1.807, 2.05) is 54.6 Å². The monoisotopic (exact) mass is 434 g/mol. The van der Waals surface area contributed by atoms with Crippen LogP contribution in [0.25, 0.3) is 0 Å². The lowest BCUT2D eigenvalue weighted by Crippen LogP contribution is -2.53. The summed E-state index contributed by atoms with van der Waals surface area (Å²) >= 11 is 1.69. The molecule has 3 aromatic rings. The Morgan fingerprint density at radius 2 is 1.26 bits per heavy atom. The Morgan fingerprint density at radius 3 is 1.87 bits per heavy atom. The first-order valence-electron chi connectivity index (χ1n) is 10.7. The summed E-state index contributed by atoms with van der Waals surface area (Å²) in [5, 5.41) is 0. The number of thioether (sulfide) groups is 1. The lowest BCUT2D eigenvalue weighted by atomic mass is 10.0. The Bertz CT molecular complexity index is 937. The molecule has 2 fully saturated rings. The fourth-order valence-electron chi connectivity index (χ4n) is 4.05. The van der Waals surface area contributed by atoms with Gasteiger partial charge in [-0.3, -0.25) is 0 Å². The predicted molar refractivity (Wildman–Crippen MR) is 121 cm³/mol. The van der Waals surface area contributed by atoms with Gasteiger partial charge in [0.1, 0.15) is 29.9 Å². The molecule has 0 amide bonds. The van der Waals surface area contributed by atoms with E-state index in [0.717, 1.165) is 16.0 Å². The van der Waals surface area contributed by atoms with Crippen molar-refractivity contribution in [3.8, 4) is 0 Å². The maximum atomic E-state index is 6.47. The molecule has 0 N–H and O–H groups in total. The molecule has 0 radical (unpaired) electrons. The molecule has 5 heteroatoms. The number of fused-ring (bicyclic) bond motifs is 2. The fourth-order valence-corrected chi connectivity index (χ4v) is 5.20. The molecule has 2 heterocycles. The van der Waals surface area contributed by atoms with Gasteiger partial charge < -0.3 is 18.9 Å². The van der Waals surface area contributed by atoms with Gasteiger partial charge in [0.2, 0.25) is 0 Å². The van der Waals surface area contributed by atoms with Gasteiger partial charge in [0.05, 0.1) is 19.8 Å². The second-order valence-electron chi connectivity index (χ2n) is 7.79. The van der Waals surface area contributed by atoms with Crippen molar-refractivity contribution in [1.29, 1.82) is 0 Å². The van der Waals surface area contributed by atoms with Gasteiger partial charge in [-0.05, 0) is 23.3 Å². The van der Waals surface area contributed by atoms with Gasteiger partial charge in [-0.1, -0.05) is 90.6 Å². The van der Waals surface area contributed by atoms with E-state index in [4.69, 9.17) is 18.9 Å². The van der Waals surface area contributed by atoms with Gasteiger partial charge >= 0.3 is 0 Å². The van der Waals surface area contributed by atoms with Crippen LogP contribution in [0.4, 0.5) is 0 Å². The number of hydrogen-bond donors (Lipinski definition) is 0. The van der Waals surface area contributed by atoms with Crippen LogP contribution in [0.3, 0.4) is 0 Å². The minimum absolute atomic E-state index is 0.0912. The highest BCUT2D eigenvalue weighted by Crippen LogP contribution is 2.40. The minimum Gasteiger partial charge on any atom is -0.370 e. The summed E-state index contributed by atoms with van der Waals surface area (Å²) in [7, 11) is 0. The van der Waals surface area contributed by atoms with Crippen LogP contribution >= 0.6 is 11.8 Å². The highest BCUT2D eigenvalue weighted by Gasteiger charge is 2.53. The molecular formula is C26H26O4S. The zero-order chi connectivity index (χ0) is 20.9. The molecule has 2 saturated heterocycles. The average molecular weight is 435 g/mol. The van der Waals surface area contributed by atoms with Crippen molar-refractivity contribution in [1.82, 2.24) is 0 Å². The number of hydrogen-bond acceptors (Lipinski definition) is 5.